The molecule has 0 aliphatic carbocycles. The second-order valence-electron chi connectivity index (χ2n) is 4.46. The van der Waals surface area contributed by atoms with Gasteiger partial charge in [-0.3, -0.25) is 0 Å². The topological polar surface area (TPSA) is 78.6 Å². The zero-order chi connectivity index (χ0) is 12.4. The molecule has 1 aliphatic heterocycles. The molecule has 1 aromatic rings. The first-order chi connectivity index (χ1) is 8.08. The molecule has 0 radical (unpaired) electrons. The van der Waals surface area contributed by atoms with E-state index in [1.165, 1.54) is 6.07 Å². The van der Waals surface area contributed by atoms with Gasteiger partial charge >= 0.3 is 5.97 Å². The van der Waals surface area contributed by atoms with Crippen LogP contribution in [0.25, 0.3) is 0 Å². The molecule has 1 fully saturated rings. The number of carboxylic acids is 1. The van der Waals surface area contributed by atoms with Crippen LogP contribution in [-0.4, -0.2) is 42.2 Å². The molecule has 17 heavy (non-hydrogen) atoms. The van der Waals surface area contributed by atoms with Crippen LogP contribution in [0.1, 0.15) is 16.8 Å². The van der Waals surface area contributed by atoms with Gasteiger partial charge in [-0.25, -0.2) is 4.79 Å². The molecule has 0 amide bonds. The molecule has 1 aliphatic rings. The van der Waals surface area contributed by atoms with Crippen LogP contribution in [0.2, 0.25) is 0 Å². The maximum atomic E-state index is 10.9. The van der Waals surface area contributed by atoms with Crippen LogP contribution >= 0.6 is 0 Å². The van der Waals surface area contributed by atoms with Crippen LogP contribution in [0.5, 0.6) is 0 Å². The Labute approximate surface area is 100 Å². The van der Waals surface area contributed by atoms with E-state index in [2.05, 4.69) is 17.3 Å². The van der Waals surface area contributed by atoms with Gasteiger partial charge in [0.25, 0.3) is 0 Å². The standard InChI is InChI=1S/C12H17N3O2/c1-15-6-5-8(7-15)14-10-4-2-3-9(11(10)13)12(16)17/h2-4,8,14H,5-7,13H2,1H3,(H,16,17). The van der Waals surface area contributed by atoms with Crippen molar-refractivity contribution in [3.05, 3.63) is 23.8 Å². The van der Waals surface area contributed by atoms with Gasteiger partial charge in [-0.05, 0) is 32.1 Å². The van der Waals surface area contributed by atoms with Crippen LogP contribution < -0.4 is 11.1 Å². The summed E-state index contributed by atoms with van der Waals surface area (Å²) >= 11 is 0. The number of nitrogen functional groups attached to an aromatic ring is 1. The number of para-hydroxylation sites is 1. The molecule has 5 heteroatoms. The van der Waals surface area contributed by atoms with Gasteiger partial charge < -0.3 is 21.1 Å². The highest BCUT2D eigenvalue weighted by atomic mass is 16.4. The van der Waals surface area contributed by atoms with Gasteiger partial charge in [-0.1, -0.05) is 6.07 Å². The number of carbonyl (C=O) groups is 1. The summed E-state index contributed by atoms with van der Waals surface area (Å²) in [5.74, 6) is -0.991. The lowest BCUT2D eigenvalue weighted by Gasteiger charge is -2.16. The molecule has 1 saturated heterocycles. The number of aromatic carboxylic acids is 1. The predicted molar refractivity (Wildman–Crippen MR) is 67.3 cm³/mol. The van der Waals surface area contributed by atoms with Crippen molar-refractivity contribution in [2.24, 2.45) is 0 Å². The van der Waals surface area contributed by atoms with E-state index >= 15 is 0 Å². The van der Waals surface area contributed by atoms with Crippen molar-refractivity contribution in [3.63, 3.8) is 0 Å². The quantitative estimate of drug-likeness (QED) is 0.683. The summed E-state index contributed by atoms with van der Waals surface area (Å²) in [5.41, 5.74) is 7.02. The highest BCUT2D eigenvalue weighted by Gasteiger charge is 2.20. The number of hydrogen-bond donors (Lipinski definition) is 3. The van der Waals surface area contributed by atoms with Crippen molar-refractivity contribution in [1.29, 1.82) is 0 Å². The van der Waals surface area contributed by atoms with Crippen molar-refractivity contribution in [1.82, 2.24) is 4.90 Å². The number of likely N-dealkylation sites (N-methyl/N-ethyl adjacent to an activating group) is 1. The lowest BCUT2D eigenvalue weighted by Crippen LogP contribution is -2.24. The smallest absolute Gasteiger partial charge is 0.337 e. The van der Waals surface area contributed by atoms with Gasteiger partial charge in [0, 0.05) is 12.6 Å². The van der Waals surface area contributed by atoms with Crippen molar-refractivity contribution in [3.8, 4) is 0 Å². The summed E-state index contributed by atoms with van der Waals surface area (Å²) in [5, 5.41) is 12.3. The summed E-state index contributed by atoms with van der Waals surface area (Å²) in [6.45, 7) is 2.01. The second-order valence-corrected chi connectivity index (χ2v) is 4.46. The lowest BCUT2D eigenvalue weighted by atomic mass is 10.1. The fraction of sp³-hybridized carbons (Fsp3) is 0.417. The van der Waals surface area contributed by atoms with Crippen molar-refractivity contribution < 1.29 is 9.90 Å². The lowest BCUT2D eigenvalue weighted by molar-refractivity contribution is 0.0698. The molecule has 2 rings (SSSR count). The Morgan fingerprint density at radius 1 is 1.59 bits per heavy atom. The van der Waals surface area contributed by atoms with E-state index in [-0.39, 0.29) is 5.56 Å². The molecular weight excluding hydrogens is 218 g/mol. The minimum atomic E-state index is -0.991. The van der Waals surface area contributed by atoms with E-state index in [0.717, 1.165) is 19.5 Å². The SMILES string of the molecule is CN1CCC(Nc2cccc(C(=O)O)c2N)C1. The maximum absolute atomic E-state index is 10.9. The predicted octanol–water partition coefficient (Wildman–Crippen LogP) is 1.08. The summed E-state index contributed by atoms with van der Waals surface area (Å²) < 4.78 is 0. The van der Waals surface area contributed by atoms with Gasteiger partial charge in [-0.2, -0.15) is 0 Å². The molecule has 0 bridgehead atoms. The third-order valence-electron chi connectivity index (χ3n) is 3.09. The van der Waals surface area contributed by atoms with Crippen LogP contribution in [0.15, 0.2) is 18.2 Å². The Bertz CT molecular complexity index is 434. The van der Waals surface area contributed by atoms with Gasteiger partial charge in [0.15, 0.2) is 0 Å². The van der Waals surface area contributed by atoms with Gasteiger partial charge in [-0.15, -0.1) is 0 Å². The first-order valence-corrected chi connectivity index (χ1v) is 5.65. The van der Waals surface area contributed by atoms with Crippen LogP contribution in [0, 0.1) is 0 Å². The number of carboxylic acid groups (broad SMARTS) is 1. The van der Waals surface area contributed by atoms with Crippen molar-refractivity contribution in [2.45, 2.75) is 12.5 Å². The number of nitrogens with zero attached hydrogens (tertiary/aromatic N) is 1. The maximum Gasteiger partial charge on any atom is 0.337 e. The molecule has 0 aromatic heterocycles. The minimum absolute atomic E-state index is 0.154. The van der Waals surface area contributed by atoms with Crippen LogP contribution in [0.3, 0.4) is 0 Å². The molecule has 5 nitrogen and oxygen atoms in total. The summed E-state index contributed by atoms with van der Waals surface area (Å²) in [4.78, 5) is 13.2. The largest absolute Gasteiger partial charge is 0.478 e. The highest BCUT2D eigenvalue weighted by molar-refractivity contribution is 5.97. The molecule has 1 atom stereocenters. The number of hydrogen-bond acceptors (Lipinski definition) is 4. The van der Waals surface area contributed by atoms with E-state index in [9.17, 15) is 4.79 Å². The van der Waals surface area contributed by atoms with E-state index in [0.29, 0.717) is 17.4 Å². The van der Waals surface area contributed by atoms with E-state index in [4.69, 9.17) is 10.8 Å². The molecule has 92 valence electrons. The molecule has 1 heterocycles. The molecule has 0 spiro atoms. The molecular formula is C12H17N3O2. The number of rotatable bonds is 3. The van der Waals surface area contributed by atoms with E-state index < -0.39 is 5.97 Å². The fourth-order valence-corrected chi connectivity index (χ4v) is 2.15. The Balaban J connectivity index is 2.16. The molecule has 1 aromatic carbocycles. The molecule has 4 N–H and O–H groups in total. The number of benzene rings is 1. The Morgan fingerprint density at radius 2 is 2.35 bits per heavy atom. The van der Waals surface area contributed by atoms with Gasteiger partial charge in [0.05, 0.1) is 16.9 Å². The number of nitrogens with one attached hydrogen (secondary N) is 1. The zero-order valence-electron chi connectivity index (χ0n) is 9.81. The molecule has 1 unspecified atom stereocenters. The van der Waals surface area contributed by atoms with Gasteiger partial charge in [0.1, 0.15) is 0 Å². The third kappa shape index (κ3) is 2.50. The summed E-state index contributed by atoms with van der Waals surface area (Å²) in [6, 6.07) is 5.39. The third-order valence-corrected chi connectivity index (χ3v) is 3.09. The van der Waals surface area contributed by atoms with Crippen LogP contribution in [0.4, 0.5) is 11.4 Å². The summed E-state index contributed by atoms with van der Waals surface area (Å²) in [7, 11) is 2.07. The first kappa shape index (κ1) is 11.7. The summed E-state index contributed by atoms with van der Waals surface area (Å²) in [6.07, 6.45) is 1.05. The average molecular weight is 235 g/mol. The van der Waals surface area contributed by atoms with Crippen molar-refractivity contribution in [2.75, 3.05) is 31.2 Å². The Kier molecular flexibility index (Phi) is 3.19. The highest BCUT2D eigenvalue weighted by Crippen LogP contribution is 2.25. The number of nitrogens with two attached hydrogens (primary N) is 1. The Morgan fingerprint density at radius 3 is 2.94 bits per heavy atom. The van der Waals surface area contributed by atoms with Crippen LogP contribution in [-0.2, 0) is 0 Å². The van der Waals surface area contributed by atoms with E-state index in [1.807, 2.05) is 6.07 Å². The minimum Gasteiger partial charge on any atom is -0.478 e. The number of anilines is 2. The number of likely N-dealkylation sites (tertiary alicyclic amines) is 1. The normalized spacial score (nSPS) is 20.4. The zero-order valence-corrected chi connectivity index (χ0v) is 9.81. The fourth-order valence-electron chi connectivity index (χ4n) is 2.15. The van der Waals surface area contributed by atoms with E-state index in [1.54, 1.807) is 6.07 Å². The monoisotopic (exact) mass is 235 g/mol. The second kappa shape index (κ2) is 4.63. The van der Waals surface area contributed by atoms with Gasteiger partial charge in [0.2, 0.25) is 0 Å². The average Bonchev–Trinajstić information content (AvgIpc) is 2.67. The Hall–Kier alpha value is -1.75. The first-order valence-electron chi connectivity index (χ1n) is 5.65. The van der Waals surface area contributed by atoms with Crippen molar-refractivity contribution >= 4 is 17.3 Å². The molecule has 0 saturated carbocycles.